The minimum absolute atomic E-state index is 0.00227. The van der Waals surface area contributed by atoms with Gasteiger partial charge in [-0.15, -0.1) is 0 Å². The van der Waals surface area contributed by atoms with E-state index in [0.29, 0.717) is 23.3 Å². The van der Waals surface area contributed by atoms with Crippen LogP contribution in [0.2, 0.25) is 0 Å². The van der Waals surface area contributed by atoms with E-state index in [9.17, 15) is 4.79 Å². The van der Waals surface area contributed by atoms with Gasteiger partial charge in [-0.25, -0.2) is 4.98 Å². The number of likely N-dealkylation sites (tertiary alicyclic amines) is 1. The number of nitrogens with zero attached hydrogens (tertiary/aromatic N) is 2. The van der Waals surface area contributed by atoms with Gasteiger partial charge in [-0.1, -0.05) is 6.92 Å². The van der Waals surface area contributed by atoms with Crippen LogP contribution in [0.3, 0.4) is 0 Å². The lowest BCUT2D eigenvalue weighted by Crippen LogP contribution is -2.34. The second-order valence-corrected chi connectivity index (χ2v) is 4.58. The van der Waals surface area contributed by atoms with Crippen molar-refractivity contribution in [3.63, 3.8) is 0 Å². The van der Waals surface area contributed by atoms with E-state index < -0.39 is 0 Å². The van der Waals surface area contributed by atoms with Gasteiger partial charge in [0, 0.05) is 18.8 Å². The summed E-state index contributed by atoms with van der Waals surface area (Å²) in [4.78, 5) is 18.1. The average molecular weight is 219 g/mol. The fourth-order valence-corrected chi connectivity index (χ4v) is 2.34. The Labute approximate surface area is 95.5 Å². The molecule has 0 bridgehead atoms. The minimum atomic E-state index is 0.00227. The zero-order valence-corrected chi connectivity index (χ0v) is 9.68. The van der Waals surface area contributed by atoms with E-state index in [1.165, 1.54) is 0 Å². The van der Waals surface area contributed by atoms with Crippen molar-refractivity contribution in [2.75, 3.05) is 12.3 Å². The monoisotopic (exact) mass is 219 g/mol. The number of carbonyl (C=O) groups excluding carboxylic acids is 1. The number of aromatic nitrogens is 1. The maximum atomic E-state index is 12.2. The molecule has 0 aromatic carbocycles. The molecule has 2 N–H and O–H groups in total. The number of hydrogen-bond donors (Lipinski definition) is 1. The van der Waals surface area contributed by atoms with E-state index in [1.807, 2.05) is 4.90 Å². The van der Waals surface area contributed by atoms with Crippen molar-refractivity contribution in [3.05, 3.63) is 23.9 Å². The molecule has 1 aromatic heterocycles. The molecule has 1 aromatic rings. The lowest BCUT2D eigenvalue weighted by Gasteiger charge is -2.21. The number of carbonyl (C=O) groups is 1. The van der Waals surface area contributed by atoms with E-state index in [2.05, 4.69) is 18.8 Å². The number of hydrogen-bond acceptors (Lipinski definition) is 3. The van der Waals surface area contributed by atoms with Gasteiger partial charge < -0.3 is 10.6 Å². The first-order valence-corrected chi connectivity index (χ1v) is 5.61. The van der Waals surface area contributed by atoms with Crippen LogP contribution in [0.25, 0.3) is 0 Å². The van der Waals surface area contributed by atoms with Crippen LogP contribution in [0.5, 0.6) is 0 Å². The SMILES string of the molecule is CC1CC(C)N(C(=O)c2cccnc2N)C1. The Kier molecular flexibility index (Phi) is 2.81. The van der Waals surface area contributed by atoms with Crippen molar-refractivity contribution in [1.29, 1.82) is 0 Å². The second kappa shape index (κ2) is 4.12. The van der Waals surface area contributed by atoms with Crippen LogP contribution in [0.1, 0.15) is 30.6 Å². The topological polar surface area (TPSA) is 59.2 Å². The minimum Gasteiger partial charge on any atom is -0.383 e. The van der Waals surface area contributed by atoms with Gasteiger partial charge in [0.15, 0.2) is 0 Å². The number of rotatable bonds is 1. The first-order valence-electron chi connectivity index (χ1n) is 5.61. The summed E-state index contributed by atoms with van der Waals surface area (Å²) < 4.78 is 0. The highest BCUT2D eigenvalue weighted by molar-refractivity contribution is 5.98. The van der Waals surface area contributed by atoms with E-state index in [-0.39, 0.29) is 5.91 Å². The third-order valence-electron chi connectivity index (χ3n) is 3.11. The van der Waals surface area contributed by atoms with Crippen LogP contribution in [-0.4, -0.2) is 28.4 Å². The molecule has 2 heterocycles. The highest BCUT2D eigenvalue weighted by atomic mass is 16.2. The van der Waals surface area contributed by atoms with Gasteiger partial charge >= 0.3 is 0 Å². The Bertz CT molecular complexity index is 405. The first kappa shape index (κ1) is 10.9. The van der Waals surface area contributed by atoms with Crippen LogP contribution in [-0.2, 0) is 0 Å². The third kappa shape index (κ3) is 1.87. The summed E-state index contributed by atoms with van der Waals surface area (Å²) in [5.74, 6) is 0.888. The van der Waals surface area contributed by atoms with Crippen LogP contribution in [0.15, 0.2) is 18.3 Å². The van der Waals surface area contributed by atoms with Gasteiger partial charge in [0.2, 0.25) is 0 Å². The quantitative estimate of drug-likeness (QED) is 0.779. The Hall–Kier alpha value is -1.58. The average Bonchev–Trinajstić information content (AvgIpc) is 2.58. The molecule has 1 amide bonds. The Morgan fingerprint density at radius 3 is 2.88 bits per heavy atom. The predicted molar refractivity (Wildman–Crippen MR) is 62.9 cm³/mol. The van der Waals surface area contributed by atoms with Gasteiger partial charge in [-0.3, -0.25) is 4.79 Å². The molecule has 2 atom stereocenters. The zero-order valence-electron chi connectivity index (χ0n) is 9.68. The largest absolute Gasteiger partial charge is 0.383 e. The molecule has 1 aliphatic rings. The van der Waals surface area contributed by atoms with Gasteiger partial charge in [-0.2, -0.15) is 0 Å². The smallest absolute Gasteiger partial charge is 0.257 e. The normalized spacial score (nSPS) is 24.8. The van der Waals surface area contributed by atoms with Crippen molar-refractivity contribution in [2.45, 2.75) is 26.3 Å². The van der Waals surface area contributed by atoms with Gasteiger partial charge in [0.05, 0.1) is 5.56 Å². The lowest BCUT2D eigenvalue weighted by atomic mass is 10.1. The van der Waals surface area contributed by atoms with Crippen LogP contribution in [0.4, 0.5) is 5.82 Å². The summed E-state index contributed by atoms with van der Waals surface area (Å²) in [5.41, 5.74) is 6.23. The number of nitrogen functional groups attached to an aromatic ring is 1. The van der Waals surface area contributed by atoms with Gasteiger partial charge in [0.25, 0.3) is 5.91 Å². The summed E-state index contributed by atoms with van der Waals surface area (Å²) in [7, 11) is 0. The standard InChI is InChI=1S/C12H17N3O/c1-8-6-9(2)15(7-8)12(16)10-4-3-5-14-11(10)13/h3-5,8-9H,6-7H2,1-2H3,(H2,13,14). The molecule has 1 fully saturated rings. The Morgan fingerprint density at radius 1 is 1.56 bits per heavy atom. The highest BCUT2D eigenvalue weighted by Crippen LogP contribution is 2.25. The lowest BCUT2D eigenvalue weighted by molar-refractivity contribution is 0.0744. The molecule has 2 rings (SSSR count). The number of pyridine rings is 1. The number of anilines is 1. The predicted octanol–water partition coefficient (Wildman–Crippen LogP) is 1.53. The maximum Gasteiger partial charge on any atom is 0.257 e. The summed E-state index contributed by atoms with van der Waals surface area (Å²) >= 11 is 0. The third-order valence-corrected chi connectivity index (χ3v) is 3.11. The molecule has 0 aliphatic carbocycles. The molecule has 16 heavy (non-hydrogen) atoms. The summed E-state index contributed by atoms with van der Waals surface area (Å²) in [5, 5.41) is 0. The van der Waals surface area contributed by atoms with E-state index >= 15 is 0 Å². The van der Waals surface area contributed by atoms with Crippen LogP contribution >= 0.6 is 0 Å². The van der Waals surface area contributed by atoms with Crippen molar-refractivity contribution in [2.24, 2.45) is 5.92 Å². The van der Waals surface area contributed by atoms with E-state index in [0.717, 1.165) is 13.0 Å². The van der Waals surface area contributed by atoms with Crippen molar-refractivity contribution >= 4 is 11.7 Å². The fraction of sp³-hybridized carbons (Fsp3) is 0.500. The molecule has 0 saturated carbocycles. The first-order chi connectivity index (χ1) is 7.59. The zero-order chi connectivity index (χ0) is 11.7. The molecule has 86 valence electrons. The Morgan fingerprint density at radius 2 is 2.31 bits per heavy atom. The second-order valence-electron chi connectivity index (χ2n) is 4.58. The molecule has 0 spiro atoms. The number of amides is 1. The summed E-state index contributed by atoms with van der Waals surface area (Å²) in [6.07, 6.45) is 2.66. The molecule has 2 unspecified atom stereocenters. The fourth-order valence-electron chi connectivity index (χ4n) is 2.34. The van der Waals surface area contributed by atoms with Gasteiger partial charge in [0.1, 0.15) is 5.82 Å². The summed E-state index contributed by atoms with van der Waals surface area (Å²) in [6.45, 7) is 5.05. The molecule has 0 radical (unpaired) electrons. The maximum absolute atomic E-state index is 12.2. The Balaban J connectivity index is 2.23. The van der Waals surface area contributed by atoms with Crippen molar-refractivity contribution < 1.29 is 4.79 Å². The molecule has 1 aliphatic heterocycles. The van der Waals surface area contributed by atoms with Crippen LogP contribution in [0, 0.1) is 5.92 Å². The van der Waals surface area contributed by atoms with Gasteiger partial charge in [-0.05, 0) is 31.4 Å². The summed E-state index contributed by atoms with van der Waals surface area (Å²) in [6, 6.07) is 3.77. The highest BCUT2D eigenvalue weighted by Gasteiger charge is 2.31. The number of nitrogens with two attached hydrogens (primary N) is 1. The molecule has 4 heteroatoms. The molecule has 4 nitrogen and oxygen atoms in total. The molecular formula is C12H17N3O. The van der Waals surface area contributed by atoms with Crippen LogP contribution < -0.4 is 5.73 Å². The van der Waals surface area contributed by atoms with Crippen molar-refractivity contribution in [3.8, 4) is 0 Å². The van der Waals surface area contributed by atoms with E-state index in [1.54, 1.807) is 18.3 Å². The van der Waals surface area contributed by atoms with E-state index in [4.69, 9.17) is 5.73 Å². The van der Waals surface area contributed by atoms with Crippen molar-refractivity contribution in [1.82, 2.24) is 9.88 Å². The molecule has 1 saturated heterocycles. The molecular weight excluding hydrogens is 202 g/mol.